The summed E-state index contributed by atoms with van der Waals surface area (Å²) in [6, 6.07) is 7.43. The molecule has 1 N–H and O–H groups in total. The minimum Gasteiger partial charge on any atom is -0.321 e. The number of nitrogens with one attached hydrogen (secondary N) is 1. The van der Waals surface area contributed by atoms with Crippen LogP contribution in [0.25, 0.3) is 0 Å². The molecule has 0 aliphatic heterocycles. The van der Waals surface area contributed by atoms with E-state index in [0.29, 0.717) is 16.8 Å². The maximum Gasteiger partial charge on any atom is 0.256 e. The second-order valence-electron chi connectivity index (χ2n) is 8.66. The number of benzene rings is 1. The highest BCUT2D eigenvalue weighted by Crippen LogP contribution is 2.31. The summed E-state index contributed by atoms with van der Waals surface area (Å²) in [6.07, 6.45) is 9.74. The highest BCUT2D eigenvalue weighted by molar-refractivity contribution is 6.11. The van der Waals surface area contributed by atoms with Gasteiger partial charge in [0.2, 0.25) is 0 Å². The third-order valence-corrected chi connectivity index (χ3v) is 6.05. The predicted molar refractivity (Wildman–Crippen MR) is 122 cm³/mol. The van der Waals surface area contributed by atoms with Gasteiger partial charge < -0.3 is 5.32 Å². The Bertz CT molecular complexity index is 913. The number of anilines is 1. The molecule has 1 saturated carbocycles. The lowest BCUT2D eigenvalue weighted by Crippen LogP contribution is -2.19. The second-order valence-corrected chi connectivity index (χ2v) is 8.66. The van der Waals surface area contributed by atoms with E-state index < -0.39 is 0 Å². The number of hydrogen-bond donors (Lipinski definition) is 1. The smallest absolute Gasteiger partial charge is 0.256 e. The normalized spacial score (nSPS) is 14.7. The van der Waals surface area contributed by atoms with Crippen LogP contribution in [-0.2, 0) is 19.3 Å². The third kappa shape index (κ3) is 5.16. The van der Waals surface area contributed by atoms with Gasteiger partial charge in [0.1, 0.15) is 0 Å². The van der Waals surface area contributed by atoms with Gasteiger partial charge in [-0.15, -0.1) is 0 Å². The summed E-state index contributed by atoms with van der Waals surface area (Å²) in [7, 11) is 0. The molecule has 0 saturated heterocycles. The number of fused-ring (bicyclic) bond motifs is 1. The average Bonchev–Trinajstić information content (AvgIpc) is 3.48. The number of aromatic nitrogens is 1. The van der Waals surface area contributed by atoms with Crippen LogP contribution in [-0.4, -0.2) is 16.7 Å². The maximum atomic E-state index is 12.9. The molecule has 0 unspecified atom stereocenters. The molecule has 4 rings (SSSR count). The summed E-state index contributed by atoms with van der Waals surface area (Å²) in [4.78, 5) is 29.9. The highest BCUT2D eigenvalue weighted by Gasteiger charge is 2.23. The minimum atomic E-state index is -0.161. The fourth-order valence-corrected chi connectivity index (χ4v) is 3.97. The zero-order valence-electron chi connectivity index (χ0n) is 18.8. The summed E-state index contributed by atoms with van der Waals surface area (Å²) < 4.78 is 0. The topological polar surface area (TPSA) is 59.1 Å². The summed E-state index contributed by atoms with van der Waals surface area (Å²) in [5.41, 5.74) is 4.95. The lowest BCUT2D eigenvalue weighted by Gasteiger charge is -2.16. The fourth-order valence-electron chi connectivity index (χ4n) is 3.97. The zero-order chi connectivity index (χ0) is 21.7. The number of rotatable bonds is 6. The molecule has 0 radical (unpaired) electrons. The van der Waals surface area contributed by atoms with E-state index in [1.165, 1.54) is 19.3 Å². The number of ketones is 1. The average molecular weight is 407 g/mol. The molecular formula is C26H34N2O2. The first-order valence-electron chi connectivity index (χ1n) is 11.4. The highest BCUT2D eigenvalue weighted by atomic mass is 16.2. The molecule has 1 amide bonds. The first kappa shape index (κ1) is 22.2. The third-order valence-electron chi connectivity index (χ3n) is 6.05. The molecule has 1 aromatic carbocycles. The number of amides is 1. The number of Topliss-reactive ketones (excluding diaryl/α,β-unsaturated/α-hetero) is 1. The van der Waals surface area contributed by atoms with Crippen molar-refractivity contribution in [3.8, 4) is 0 Å². The van der Waals surface area contributed by atoms with Crippen LogP contribution in [0.4, 0.5) is 5.69 Å². The van der Waals surface area contributed by atoms with Crippen LogP contribution in [0.3, 0.4) is 0 Å². The Labute approximate surface area is 180 Å². The standard InChI is InChI=1S/C21H24N2O2.C5H10/c1-4-14-7-5-10-18(19(14)20(24)13(2)3)23-21(25)16-11-12-22-17-9-6-8-15(16)17;1-2-5-3-4-5/h5,7,10-13H,4,6,8-9H2,1-3H3,(H,23,25);5H,2-4H2,1H3. The molecule has 0 atom stereocenters. The van der Waals surface area contributed by atoms with Gasteiger partial charge >= 0.3 is 0 Å². The molecule has 2 aliphatic rings. The quantitative estimate of drug-likeness (QED) is 0.596. The van der Waals surface area contributed by atoms with E-state index in [0.717, 1.165) is 48.4 Å². The van der Waals surface area contributed by atoms with Crippen molar-refractivity contribution in [1.82, 2.24) is 4.98 Å². The molecular weight excluding hydrogens is 372 g/mol. The molecule has 1 aromatic heterocycles. The van der Waals surface area contributed by atoms with Gasteiger partial charge in [0, 0.05) is 28.9 Å². The van der Waals surface area contributed by atoms with Crippen molar-refractivity contribution in [2.45, 2.75) is 72.6 Å². The molecule has 1 fully saturated rings. The molecule has 160 valence electrons. The lowest BCUT2D eigenvalue weighted by atomic mass is 9.93. The van der Waals surface area contributed by atoms with Crippen LogP contribution in [0.15, 0.2) is 30.5 Å². The Balaban J connectivity index is 0.000000448. The lowest BCUT2D eigenvalue weighted by molar-refractivity contribution is 0.0939. The maximum absolute atomic E-state index is 12.9. The van der Waals surface area contributed by atoms with Gasteiger partial charge in [-0.3, -0.25) is 14.6 Å². The Morgan fingerprint density at radius 3 is 2.50 bits per heavy atom. The number of carbonyl (C=O) groups excluding carboxylic acids is 2. The van der Waals surface area contributed by atoms with Crippen molar-refractivity contribution in [3.63, 3.8) is 0 Å². The number of carbonyl (C=O) groups is 2. The molecule has 1 heterocycles. The summed E-state index contributed by atoms with van der Waals surface area (Å²) in [6.45, 7) is 8.05. The van der Waals surface area contributed by atoms with Crippen molar-refractivity contribution < 1.29 is 9.59 Å². The van der Waals surface area contributed by atoms with Crippen LogP contribution in [0.5, 0.6) is 0 Å². The van der Waals surface area contributed by atoms with Crippen molar-refractivity contribution in [2.24, 2.45) is 11.8 Å². The van der Waals surface area contributed by atoms with Gasteiger partial charge in [-0.05, 0) is 54.9 Å². The van der Waals surface area contributed by atoms with E-state index in [4.69, 9.17) is 0 Å². The number of aryl methyl sites for hydroxylation is 2. The first-order chi connectivity index (χ1) is 14.5. The molecule has 0 spiro atoms. The van der Waals surface area contributed by atoms with Gasteiger partial charge in [-0.25, -0.2) is 0 Å². The van der Waals surface area contributed by atoms with E-state index in [1.807, 2.05) is 39.0 Å². The molecule has 2 aliphatic carbocycles. The van der Waals surface area contributed by atoms with E-state index in [1.54, 1.807) is 12.3 Å². The van der Waals surface area contributed by atoms with Crippen LogP contribution < -0.4 is 5.32 Å². The van der Waals surface area contributed by atoms with Gasteiger partial charge in [0.25, 0.3) is 5.91 Å². The van der Waals surface area contributed by atoms with Crippen LogP contribution in [0.2, 0.25) is 0 Å². The summed E-state index contributed by atoms with van der Waals surface area (Å²) >= 11 is 0. The number of nitrogens with zero attached hydrogens (tertiary/aromatic N) is 1. The Morgan fingerprint density at radius 1 is 1.13 bits per heavy atom. The van der Waals surface area contributed by atoms with E-state index in [9.17, 15) is 9.59 Å². The van der Waals surface area contributed by atoms with Gasteiger partial charge in [-0.2, -0.15) is 0 Å². The van der Waals surface area contributed by atoms with E-state index >= 15 is 0 Å². The molecule has 2 aromatic rings. The van der Waals surface area contributed by atoms with Crippen LogP contribution >= 0.6 is 0 Å². The van der Waals surface area contributed by atoms with Crippen molar-refractivity contribution in [1.29, 1.82) is 0 Å². The second kappa shape index (κ2) is 10.0. The summed E-state index contributed by atoms with van der Waals surface area (Å²) in [5, 5.41) is 2.98. The zero-order valence-corrected chi connectivity index (χ0v) is 18.8. The fraction of sp³-hybridized carbons (Fsp3) is 0.500. The SMILES string of the molecule is CCC1CC1.CCc1cccc(NC(=O)c2ccnc3c2CCC3)c1C(=O)C(C)C. The summed E-state index contributed by atoms with van der Waals surface area (Å²) in [5.74, 6) is 0.919. The predicted octanol–water partition coefficient (Wildman–Crippen LogP) is 6.03. The van der Waals surface area contributed by atoms with Crippen molar-refractivity contribution >= 4 is 17.4 Å². The van der Waals surface area contributed by atoms with Crippen molar-refractivity contribution in [2.75, 3.05) is 5.32 Å². The Hall–Kier alpha value is -2.49. The molecule has 30 heavy (non-hydrogen) atoms. The van der Waals surface area contributed by atoms with Crippen LogP contribution in [0, 0.1) is 11.8 Å². The molecule has 4 nitrogen and oxygen atoms in total. The molecule has 4 heteroatoms. The van der Waals surface area contributed by atoms with Gasteiger partial charge in [0.15, 0.2) is 5.78 Å². The molecule has 0 bridgehead atoms. The van der Waals surface area contributed by atoms with E-state index in [-0.39, 0.29) is 17.6 Å². The van der Waals surface area contributed by atoms with Crippen LogP contribution in [0.1, 0.15) is 90.9 Å². The number of pyridine rings is 1. The Morgan fingerprint density at radius 2 is 1.90 bits per heavy atom. The minimum absolute atomic E-state index is 0.0627. The first-order valence-corrected chi connectivity index (χ1v) is 11.4. The van der Waals surface area contributed by atoms with Gasteiger partial charge in [-0.1, -0.05) is 59.1 Å². The monoisotopic (exact) mass is 406 g/mol. The number of hydrogen-bond acceptors (Lipinski definition) is 3. The Kier molecular flexibility index (Phi) is 7.41. The van der Waals surface area contributed by atoms with E-state index in [2.05, 4.69) is 17.2 Å². The van der Waals surface area contributed by atoms with Crippen molar-refractivity contribution in [3.05, 3.63) is 58.4 Å². The largest absolute Gasteiger partial charge is 0.321 e. The van der Waals surface area contributed by atoms with Gasteiger partial charge in [0.05, 0.1) is 5.69 Å².